The van der Waals surface area contributed by atoms with Crippen LogP contribution in [-0.2, 0) is 6.54 Å². The van der Waals surface area contributed by atoms with Gasteiger partial charge in [-0.2, -0.15) is 0 Å². The maximum Gasteiger partial charge on any atom is 0.146 e. The summed E-state index contributed by atoms with van der Waals surface area (Å²) >= 11 is 6.11. The van der Waals surface area contributed by atoms with Crippen LogP contribution in [0.4, 0.5) is 15.9 Å². The number of hydrogen-bond acceptors (Lipinski definition) is 3. The van der Waals surface area contributed by atoms with Crippen molar-refractivity contribution < 1.29 is 4.39 Å². The van der Waals surface area contributed by atoms with Crippen molar-refractivity contribution in [2.75, 3.05) is 18.5 Å². The molecule has 2 aromatic rings. The van der Waals surface area contributed by atoms with E-state index in [2.05, 4.69) is 10.3 Å². The van der Waals surface area contributed by atoms with E-state index in [4.69, 9.17) is 11.6 Å². The lowest BCUT2D eigenvalue weighted by Gasteiger charge is -2.23. The van der Waals surface area contributed by atoms with Crippen LogP contribution in [-0.4, -0.2) is 18.6 Å². The Bertz CT molecular complexity index is 589. The molecule has 1 aromatic heterocycles. The van der Waals surface area contributed by atoms with Gasteiger partial charge in [-0.15, -0.1) is 0 Å². The molecule has 0 amide bonds. The number of nitrogens with one attached hydrogen (secondary N) is 1. The summed E-state index contributed by atoms with van der Waals surface area (Å²) in [5, 5.41) is 3.66. The fourth-order valence-electron chi connectivity index (χ4n) is 2.07. The minimum atomic E-state index is -0.263. The summed E-state index contributed by atoms with van der Waals surface area (Å²) in [5.41, 5.74) is 1.45. The minimum Gasteiger partial charge on any atom is -0.324 e. The Kier molecular flexibility index (Phi) is 4.93. The van der Waals surface area contributed by atoms with Crippen molar-refractivity contribution in [1.29, 1.82) is 0 Å². The van der Waals surface area contributed by atoms with Crippen LogP contribution in [0.2, 0.25) is 5.02 Å². The van der Waals surface area contributed by atoms with Crippen LogP contribution in [0.1, 0.15) is 12.5 Å². The van der Waals surface area contributed by atoms with Gasteiger partial charge in [0.25, 0.3) is 0 Å². The average molecular weight is 294 g/mol. The number of aromatic nitrogens is 1. The Balaban J connectivity index is 2.42. The molecule has 0 aliphatic rings. The van der Waals surface area contributed by atoms with Gasteiger partial charge in [-0.1, -0.05) is 23.7 Å². The smallest absolute Gasteiger partial charge is 0.146 e. The second-order valence-corrected chi connectivity index (χ2v) is 4.77. The molecule has 0 spiro atoms. The monoisotopic (exact) mass is 293 g/mol. The van der Waals surface area contributed by atoms with E-state index < -0.39 is 0 Å². The van der Waals surface area contributed by atoms with Crippen LogP contribution in [0.15, 0.2) is 36.5 Å². The summed E-state index contributed by atoms with van der Waals surface area (Å²) < 4.78 is 13.9. The van der Waals surface area contributed by atoms with Gasteiger partial charge in [0.05, 0.1) is 10.7 Å². The van der Waals surface area contributed by atoms with E-state index in [1.165, 1.54) is 6.07 Å². The number of hydrogen-bond donors (Lipinski definition) is 1. The molecule has 1 heterocycles. The maximum absolute atomic E-state index is 13.9. The third-order valence-corrected chi connectivity index (χ3v) is 3.36. The molecular formula is C15H17ClFN3. The summed E-state index contributed by atoms with van der Waals surface area (Å²) in [6.45, 7) is 3.22. The van der Waals surface area contributed by atoms with Crippen molar-refractivity contribution in [2.45, 2.75) is 13.5 Å². The van der Waals surface area contributed by atoms with Crippen molar-refractivity contribution in [3.05, 3.63) is 52.9 Å². The fourth-order valence-corrected chi connectivity index (χ4v) is 2.24. The first kappa shape index (κ1) is 14.8. The topological polar surface area (TPSA) is 28.2 Å². The van der Waals surface area contributed by atoms with Gasteiger partial charge < -0.3 is 10.2 Å². The lowest BCUT2D eigenvalue weighted by atomic mass is 10.2. The number of nitrogens with zero attached hydrogens (tertiary/aromatic N) is 2. The van der Waals surface area contributed by atoms with Gasteiger partial charge in [0.1, 0.15) is 11.6 Å². The zero-order valence-corrected chi connectivity index (χ0v) is 12.3. The third-order valence-electron chi connectivity index (χ3n) is 3.02. The number of halogens is 2. The summed E-state index contributed by atoms with van der Waals surface area (Å²) in [7, 11) is 1.85. The van der Waals surface area contributed by atoms with Crippen molar-refractivity contribution >= 4 is 23.1 Å². The van der Waals surface area contributed by atoms with Gasteiger partial charge in [-0.3, -0.25) is 0 Å². The molecule has 0 saturated heterocycles. The second-order valence-electron chi connectivity index (χ2n) is 4.36. The molecule has 0 atom stereocenters. The first-order chi connectivity index (χ1) is 9.67. The zero-order chi connectivity index (χ0) is 14.5. The zero-order valence-electron chi connectivity index (χ0n) is 11.5. The van der Waals surface area contributed by atoms with Crippen LogP contribution in [0.3, 0.4) is 0 Å². The lowest BCUT2D eigenvalue weighted by molar-refractivity contribution is 0.625. The molecule has 0 aliphatic heterocycles. The molecule has 2 rings (SSSR count). The Labute approximate surface area is 123 Å². The van der Waals surface area contributed by atoms with Gasteiger partial charge in [0.15, 0.2) is 0 Å². The number of pyridine rings is 1. The Morgan fingerprint density at radius 2 is 2.10 bits per heavy atom. The SMILES string of the molecule is CCN(c1cc(CNC)c(Cl)cn1)c1ccccc1F. The predicted molar refractivity (Wildman–Crippen MR) is 81.1 cm³/mol. The van der Waals surface area contributed by atoms with Crippen molar-refractivity contribution in [1.82, 2.24) is 10.3 Å². The highest BCUT2D eigenvalue weighted by molar-refractivity contribution is 6.31. The first-order valence-corrected chi connectivity index (χ1v) is 6.86. The Morgan fingerprint density at radius 1 is 1.35 bits per heavy atom. The van der Waals surface area contributed by atoms with Crippen LogP contribution in [0.5, 0.6) is 0 Å². The molecule has 0 aliphatic carbocycles. The predicted octanol–water partition coefficient (Wildman–Crippen LogP) is 3.75. The molecular weight excluding hydrogens is 277 g/mol. The van der Waals surface area contributed by atoms with Gasteiger partial charge in [-0.25, -0.2) is 9.37 Å². The van der Waals surface area contributed by atoms with Crippen LogP contribution in [0.25, 0.3) is 0 Å². The van der Waals surface area contributed by atoms with Crippen LogP contribution in [0, 0.1) is 5.82 Å². The summed E-state index contributed by atoms with van der Waals surface area (Å²) in [4.78, 5) is 6.13. The van der Waals surface area contributed by atoms with Crippen molar-refractivity contribution in [2.24, 2.45) is 0 Å². The van der Waals surface area contributed by atoms with E-state index in [9.17, 15) is 4.39 Å². The van der Waals surface area contributed by atoms with Gasteiger partial charge in [-0.05, 0) is 37.7 Å². The second kappa shape index (κ2) is 6.68. The van der Waals surface area contributed by atoms with E-state index in [1.807, 2.05) is 31.0 Å². The van der Waals surface area contributed by atoms with Gasteiger partial charge in [0, 0.05) is 19.3 Å². The largest absolute Gasteiger partial charge is 0.324 e. The summed E-state index contributed by atoms with van der Waals surface area (Å²) in [6.07, 6.45) is 1.60. The van der Waals surface area contributed by atoms with E-state index >= 15 is 0 Å². The van der Waals surface area contributed by atoms with E-state index in [1.54, 1.807) is 18.3 Å². The third kappa shape index (κ3) is 3.08. The van der Waals surface area contributed by atoms with Crippen molar-refractivity contribution in [3.63, 3.8) is 0 Å². The number of anilines is 2. The number of para-hydroxylation sites is 1. The Hall–Kier alpha value is -1.65. The highest BCUT2D eigenvalue weighted by atomic mass is 35.5. The van der Waals surface area contributed by atoms with Crippen LogP contribution >= 0.6 is 11.6 Å². The van der Waals surface area contributed by atoms with Gasteiger partial charge >= 0.3 is 0 Å². The molecule has 0 unspecified atom stereocenters. The fraction of sp³-hybridized carbons (Fsp3) is 0.267. The molecule has 1 N–H and O–H groups in total. The molecule has 5 heteroatoms. The highest BCUT2D eigenvalue weighted by Gasteiger charge is 2.14. The maximum atomic E-state index is 13.9. The van der Waals surface area contributed by atoms with Crippen molar-refractivity contribution in [3.8, 4) is 0 Å². The molecule has 0 saturated carbocycles. The number of rotatable bonds is 5. The molecule has 0 bridgehead atoms. The average Bonchev–Trinajstić information content (AvgIpc) is 2.45. The molecule has 3 nitrogen and oxygen atoms in total. The minimum absolute atomic E-state index is 0.263. The summed E-state index contributed by atoms with van der Waals surface area (Å²) in [5.74, 6) is 0.425. The van der Waals surface area contributed by atoms with Crippen LogP contribution < -0.4 is 10.2 Å². The van der Waals surface area contributed by atoms with E-state index in [0.717, 1.165) is 5.56 Å². The molecule has 1 aromatic carbocycles. The molecule has 0 radical (unpaired) electrons. The highest BCUT2D eigenvalue weighted by Crippen LogP contribution is 2.28. The van der Waals surface area contributed by atoms with E-state index in [0.29, 0.717) is 29.6 Å². The lowest BCUT2D eigenvalue weighted by Crippen LogP contribution is -2.19. The normalized spacial score (nSPS) is 10.6. The first-order valence-electron chi connectivity index (χ1n) is 6.48. The van der Waals surface area contributed by atoms with Gasteiger partial charge in [0.2, 0.25) is 0 Å². The molecule has 106 valence electrons. The number of benzene rings is 1. The quantitative estimate of drug-likeness (QED) is 0.910. The van der Waals surface area contributed by atoms with E-state index in [-0.39, 0.29) is 5.82 Å². The Morgan fingerprint density at radius 3 is 2.75 bits per heavy atom. The summed E-state index contributed by atoms with van der Waals surface area (Å²) in [6, 6.07) is 8.56. The standard InChI is InChI=1S/C15H17ClFN3/c1-3-20(14-7-5-4-6-13(14)17)15-8-11(9-18-2)12(16)10-19-15/h4-8,10,18H,3,9H2,1-2H3. The molecule has 20 heavy (non-hydrogen) atoms. The molecule has 0 fully saturated rings.